The number of esters is 1. The summed E-state index contributed by atoms with van der Waals surface area (Å²) in [5, 5.41) is 8.75. The normalized spacial score (nSPS) is 13.0. The summed E-state index contributed by atoms with van der Waals surface area (Å²) in [6, 6.07) is 0. The van der Waals surface area contributed by atoms with Gasteiger partial charge in [-0.1, -0.05) is 18.2 Å². The number of ether oxygens (including phenoxy) is 1. The third kappa shape index (κ3) is 3.78. The molecule has 0 saturated heterocycles. The molecule has 26 heavy (non-hydrogen) atoms. The van der Waals surface area contributed by atoms with Crippen molar-refractivity contribution in [3.63, 3.8) is 0 Å². The number of carbonyl (C=O) groups is 2. The second kappa shape index (κ2) is 7.89. The van der Waals surface area contributed by atoms with E-state index in [1.165, 1.54) is 6.08 Å². The number of isocyanates is 1. The van der Waals surface area contributed by atoms with Crippen molar-refractivity contribution in [3.8, 4) is 0 Å². The van der Waals surface area contributed by atoms with E-state index in [1.807, 2.05) is 0 Å². The van der Waals surface area contributed by atoms with E-state index in [1.54, 1.807) is 19.9 Å². The molecule has 0 aliphatic carbocycles. The summed E-state index contributed by atoms with van der Waals surface area (Å²) in [5.74, 6) is -2.25. The van der Waals surface area contributed by atoms with Crippen LogP contribution in [-0.2, 0) is 27.4 Å². The highest BCUT2D eigenvalue weighted by Gasteiger charge is 2.32. The average molecular weight is 359 g/mol. The minimum atomic E-state index is -0.919. The summed E-state index contributed by atoms with van der Waals surface area (Å²) in [5.41, 5.74) is 2.44. The van der Waals surface area contributed by atoms with Crippen molar-refractivity contribution >= 4 is 29.5 Å². The van der Waals surface area contributed by atoms with Crippen molar-refractivity contribution in [2.24, 2.45) is 4.99 Å². The molecule has 2 rings (SSSR count). The van der Waals surface area contributed by atoms with Crippen LogP contribution in [0.5, 0.6) is 0 Å². The van der Waals surface area contributed by atoms with E-state index in [-0.39, 0.29) is 36.3 Å². The zero-order valence-electron chi connectivity index (χ0n) is 14.5. The smallest absolute Gasteiger partial charge is 0.341 e. The molecular formula is C19H18FNO5. The van der Waals surface area contributed by atoms with Gasteiger partial charge in [0.1, 0.15) is 12.4 Å². The lowest BCUT2D eigenvalue weighted by Gasteiger charge is -2.16. The van der Waals surface area contributed by atoms with Gasteiger partial charge in [0, 0.05) is 17.5 Å². The lowest BCUT2D eigenvalue weighted by molar-refractivity contribution is -0.136. The zero-order valence-corrected chi connectivity index (χ0v) is 14.5. The topological polar surface area (TPSA) is 93.0 Å². The first-order valence-electron chi connectivity index (χ1n) is 7.93. The molecule has 0 amide bonds. The Hall–Kier alpha value is -3.05. The second-order valence-electron chi connectivity index (χ2n) is 6.01. The van der Waals surface area contributed by atoms with Crippen LogP contribution in [0.25, 0.3) is 5.83 Å². The predicted molar refractivity (Wildman–Crippen MR) is 92.6 cm³/mol. The fourth-order valence-electron chi connectivity index (χ4n) is 3.00. The summed E-state index contributed by atoms with van der Waals surface area (Å²) < 4.78 is 19.2. The van der Waals surface area contributed by atoms with Crippen LogP contribution in [0.1, 0.15) is 52.4 Å². The van der Waals surface area contributed by atoms with Crippen LogP contribution in [0, 0.1) is 6.92 Å². The van der Waals surface area contributed by atoms with Gasteiger partial charge < -0.3 is 9.84 Å². The van der Waals surface area contributed by atoms with E-state index >= 15 is 0 Å². The standard InChI is InChI=1S/C19H18FNO5/c1-10(5-7-15(23)24)4-6-13-16(12(3)20)11(2)14-8-26-19(25)17(14)18(13)21-9-22/h4H,3,5-8H2,1-2H3,(H,23,24)/b10-4+. The molecule has 0 radical (unpaired) electrons. The molecule has 0 fully saturated rings. The van der Waals surface area contributed by atoms with Gasteiger partial charge in [-0.2, -0.15) is 4.99 Å². The molecule has 0 aromatic heterocycles. The fraction of sp³-hybridized carbons (Fsp3) is 0.316. The third-order valence-electron chi connectivity index (χ3n) is 4.32. The van der Waals surface area contributed by atoms with Crippen LogP contribution in [0.15, 0.2) is 23.2 Å². The number of aliphatic carboxylic acids is 1. The number of hydrogen-bond donors (Lipinski definition) is 1. The van der Waals surface area contributed by atoms with Crippen LogP contribution in [0.2, 0.25) is 0 Å². The van der Waals surface area contributed by atoms with E-state index in [9.17, 15) is 18.8 Å². The van der Waals surface area contributed by atoms with Gasteiger partial charge in [-0.25, -0.2) is 14.0 Å². The monoisotopic (exact) mass is 359 g/mol. The van der Waals surface area contributed by atoms with Crippen molar-refractivity contribution in [2.75, 3.05) is 0 Å². The van der Waals surface area contributed by atoms with Crippen molar-refractivity contribution in [1.82, 2.24) is 0 Å². The number of carboxylic acid groups (broad SMARTS) is 1. The zero-order chi connectivity index (χ0) is 19.4. The van der Waals surface area contributed by atoms with Crippen LogP contribution in [-0.4, -0.2) is 23.1 Å². The first-order valence-corrected chi connectivity index (χ1v) is 7.93. The Morgan fingerprint density at radius 1 is 1.46 bits per heavy atom. The molecule has 0 atom stereocenters. The van der Waals surface area contributed by atoms with E-state index in [4.69, 9.17) is 9.84 Å². The Morgan fingerprint density at radius 2 is 2.15 bits per heavy atom. The number of hydrogen-bond acceptors (Lipinski definition) is 5. The predicted octanol–water partition coefficient (Wildman–Crippen LogP) is 3.93. The van der Waals surface area contributed by atoms with Gasteiger partial charge in [0.2, 0.25) is 6.08 Å². The summed E-state index contributed by atoms with van der Waals surface area (Å²) in [6.07, 6.45) is 3.59. The Kier molecular flexibility index (Phi) is 5.85. The molecule has 0 unspecified atom stereocenters. The maximum absolute atomic E-state index is 14.2. The number of carbonyl (C=O) groups excluding carboxylic acids is 2. The minimum Gasteiger partial charge on any atom is -0.481 e. The number of rotatable bonds is 7. The summed E-state index contributed by atoms with van der Waals surface area (Å²) in [4.78, 5) is 37.2. The van der Waals surface area contributed by atoms with Gasteiger partial charge >= 0.3 is 11.9 Å². The van der Waals surface area contributed by atoms with Crippen molar-refractivity contribution < 1.29 is 28.6 Å². The molecule has 0 spiro atoms. The number of nitrogens with zero attached hydrogens (tertiary/aromatic N) is 1. The molecule has 0 bridgehead atoms. The molecule has 1 aliphatic rings. The van der Waals surface area contributed by atoms with Crippen LogP contribution >= 0.6 is 0 Å². The van der Waals surface area contributed by atoms with Crippen molar-refractivity contribution in [1.29, 1.82) is 0 Å². The van der Waals surface area contributed by atoms with E-state index in [0.717, 1.165) is 5.57 Å². The Labute approximate surface area is 149 Å². The molecule has 6 nitrogen and oxygen atoms in total. The van der Waals surface area contributed by atoms with Crippen LogP contribution in [0.3, 0.4) is 0 Å². The lowest BCUT2D eigenvalue weighted by Crippen LogP contribution is -2.04. The second-order valence-corrected chi connectivity index (χ2v) is 6.01. The Morgan fingerprint density at radius 3 is 2.73 bits per heavy atom. The average Bonchev–Trinajstić information content (AvgIpc) is 2.95. The van der Waals surface area contributed by atoms with Crippen molar-refractivity contribution in [3.05, 3.63) is 46.0 Å². The molecule has 1 aliphatic heterocycles. The lowest BCUT2D eigenvalue weighted by atomic mass is 9.89. The highest BCUT2D eigenvalue weighted by Crippen LogP contribution is 2.41. The number of halogens is 1. The van der Waals surface area contributed by atoms with E-state index in [2.05, 4.69) is 11.6 Å². The number of allylic oxidation sites excluding steroid dienone is 2. The minimum absolute atomic E-state index is 0.0184. The SMILES string of the molecule is C=C(F)c1c(C)c2c(c(N=C=O)c1C/C=C(\C)CCC(=O)O)C(=O)OC2. The molecular weight excluding hydrogens is 341 g/mol. The van der Waals surface area contributed by atoms with Gasteiger partial charge in [0.15, 0.2) is 0 Å². The maximum Gasteiger partial charge on any atom is 0.341 e. The van der Waals surface area contributed by atoms with Gasteiger partial charge in [-0.3, -0.25) is 4.79 Å². The first kappa shape index (κ1) is 19.3. The molecule has 1 aromatic carbocycles. The number of aliphatic imine (C=N–C) groups is 1. The number of carboxylic acids is 1. The quantitative estimate of drug-likeness (QED) is 0.345. The third-order valence-corrected chi connectivity index (χ3v) is 4.32. The highest BCUT2D eigenvalue weighted by molar-refractivity contribution is 6.01. The molecule has 1 N–H and O–H groups in total. The molecule has 1 aromatic rings. The number of benzene rings is 1. The van der Waals surface area contributed by atoms with Crippen LogP contribution < -0.4 is 0 Å². The largest absolute Gasteiger partial charge is 0.481 e. The maximum atomic E-state index is 14.2. The molecule has 0 saturated carbocycles. The van der Waals surface area contributed by atoms with Gasteiger partial charge in [0.25, 0.3) is 0 Å². The van der Waals surface area contributed by atoms with Crippen molar-refractivity contribution in [2.45, 2.75) is 39.7 Å². The summed E-state index contributed by atoms with van der Waals surface area (Å²) >= 11 is 0. The Balaban J connectivity index is 2.61. The summed E-state index contributed by atoms with van der Waals surface area (Å²) in [6.45, 7) is 6.74. The first-order chi connectivity index (χ1) is 12.3. The van der Waals surface area contributed by atoms with E-state index < -0.39 is 17.8 Å². The number of fused-ring (bicyclic) bond motifs is 1. The number of cyclic esters (lactones) is 1. The highest BCUT2D eigenvalue weighted by atomic mass is 19.1. The Bertz CT molecular complexity index is 879. The fourth-order valence-corrected chi connectivity index (χ4v) is 3.00. The molecule has 7 heteroatoms. The van der Waals surface area contributed by atoms with Gasteiger partial charge in [-0.15, -0.1) is 0 Å². The van der Waals surface area contributed by atoms with E-state index in [0.29, 0.717) is 23.1 Å². The molecule has 136 valence electrons. The van der Waals surface area contributed by atoms with Gasteiger partial charge in [0.05, 0.1) is 11.3 Å². The summed E-state index contributed by atoms with van der Waals surface area (Å²) in [7, 11) is 0. The van der Waals surface area contributed by atoms with Crippen LogP contribution in [0.4, 0.5) is 10.1 Å². The van der Waals surface area contributed by atoms with Gasteiger partial charge in [-0.05, 0) is 37.8 Å². The molecule has 1 heterocycles.